The maximum absolute atomic E-state index is 11.9. The Labute approximate surface area is 121 Å². The molecule has 1 fully saturated rings. The van der Waals surface area contributed by atoms with Crippen LogP contribution in [0, 0.1) is 5.92 Å². The van der Waals surface area contributed by atoms with Crippen LogP contribution < -0.4 is 5.32 Å². The van der Waals surface area contributed by atoms with Crippen molar-refractivity contribution in [1.82, 2.24) is 10.2 Å². The van der Waals surface area contributed by atoms with E-state index in [1.807, 2.05) is 6.07 Å². The Bertz CT molecular complexity index is 440. The lowest BCUT2D eigenvalue weighted by Crippen LogP contribution is -2.25. The minimum atomic E-state index is 0.124. The summed E-state index contributed by atoms with van der Waals surface area (Å²) in [6, 6.07) is 8.36. The van der Waals surface area contributed by atoms with Gasteiger partial charge >= 0.3 is 0 Å². The van der Waals surface area contributed by atoms with Gasteiger partial charge in [-0.05, 0) is 37.6 Å². The summed E-state index contributed by atoms with van der Waals surface area (Å²) in [4.78, 5) is 14.0. The van der Waals surface area contributed by atoms with E-state index in [4.69, 9.17) is 4.74 Å². The molecular weight excluding hydrogens is 252 g/mol. The molecule has 0 spiro atoms. The van der Waals surface area contributed by atoms with Crippen molar-refractivity contribution in [3.05, 3.63) is 35.4 Å². The number of carbonyl (C=O) groups excluding carboxylic acids is 1. The fourth-order valence-electron chi connectivity index (χ4n) is 2.48. The third kappa shape index (κ3) is 4.94. The fraction of sp³-hybridized carbons (Fsp3) is 0.562. The van der Waals surface area contributed by atoms with Gasteiger partial charge in [0, 0.05) is 32.7 Å². The minimum Gasteiger partial charge on any atom is -0.381 e. The molecule has 1 aromatic rings. The van der Waals surface area contributed by atoms with Crippen LogP contribution in [0.5, 0.6) is 0 Å². The summed E-state index contributed by atoms with van der Waals surface area (Å²) in [5.41, 5.74) is 2.42. The van der Waals surface area contributed by atoms with Gasteiger partial charge in [-0.2, -0.15) is 0 Å². The molecule has 4 heteroatoms. The Morgan fingerprint density at radius 3 is 2.90 bits per heavy atom. The van der Waals surface area contributed by atoms with E-state index in [-0.39, 0.29) is 5.91 Å². The minimum absolute atomic E-state index is 0.124. The van der Waals surface area contributed by atoms with E-state index in [2.05, 4.69) is 42.5 Å². The molecule has 20 heavy (non-hydrogen) atoms. The number of nitrogens with one attached hydrogen (secondary N) is 1. The van der Waals surface area contributed by atoms with Gasteiger partial charge in [-0.3, -0.25) is 4.79 Å². The number of amides is 1. The molecule has 1 saturated heterocycles. The SMILES string of the molecule is CN(C)Cc1cccc(CNC(=O)CC2CCOC2)c1. The molecule has 1 aliphatic heterocycles. The zero-order chi connectivity index (χ0) is 14.4. The van der Waals surface area contributed by atoms with Crippen LogP contribution in [0.3, 0.4) is 0 Å². The number of carbonyl (C=O) groups is 1. The molecule has 1 amide bonds. The molecule has 110 valence electrons. The average molecular weight is 276 g/mol. The molecular formula is C16H24N2O2. The fourth-order valence-corrected chi connectivity index (χ4v) is 2.48. The summed E-state index contributed by atoms with van der Waals surface area (Å²) < 4.78 is 5.29. The summed E-state index contributed by atoms with van der Waals surface area (Å²) >= 11 is 0. The number of benzene rings is 1. The van der Waals surface area contributed by atoms with Crippen LogP contribution in [0.25, 0.3) is 0 Å². The highest BCUT2D eigenvalue weighted by Gasteiger charge is 2.18. The number of hydrogen-bond acceptors (Lipinski definition) is 3. The van der Waals surface area contributed by atoms with E-state index in [1.165, 1.54) is 5.56 Å². The summed E-state index contributed by atoms with van der Waals surface area (Å²) in [5.74, 6) is 0.522. The second-order valence-corrected chi connectivity index (χ2v) is 5.77. The van der Waals surface area contributed by atoms with E-state index in [9.17, 15) is 4.79 Å². The van der Waals surface area contributed by atoms with Gasteiger partial charge in [-0.15, -0.1) is 0 Å². The van der Waals surface area contributed by atoms with Crippen molar-refractivity contribution in [1.29, 1.82) is 0 Å². The molecule has 1 N–H and O–H groups in total. The second-order valence-electron chi connectivity index (χ2n) is 5.77. The topological polar surface area (TPSA) is 41.6 Å². The highest BCUT2D eigenvalue weighted by atomic mass is 16.5. The van der Waals surface area contributed by atoms with Crippen molar-refractivity contribution >= 4 is 5.91 Å². The average Bonchev–Trinajstić information content (AvgIpc) is 2.89. The van der Waals surface area contributed by atoms with E-state index in [0.717, 1.165) is 31.7 Å². The predicted octanol–water partition coefficient (Wildman–Crippen LogP) is 1.79. The molecule has 2 rings (SSSR count). The first-order valence-electron chi connectivity index (χ1n) is 7.20. The quantitative estimate of drug-likeness (QED) is 0.861. The van der Waals surface area contributed by atoms with Gasteiger partial charge < -0.3 is 15.0 Å². The summed E-state index contributed by atoms with van der Waals surface area (Å²) in [6.45, 7) is 3.05. The maximum atomic E-state index is 11.9. The number of hydrogen-bond donors (Lipinski definition) is 1. The third-order valence-corrected chi connectivity index (χ3v) is 3.48. The van der Waals surface area contributed by atoms with Crippen LogP contribution in [0.4, 0.5) is 0 Å². The monoisotopic (exact) mass is 276 g/mol. The Hall–Kier alpha value is -1.39. The van der Waals surface area contributed by atoms with Crippen LogP contribution in [-0.2, 0) is 22.6 Å². The number of nitrogens with zero attached hydrogens (tertiary/aromatic N) is 1. The van der Waals surface area contributed by atoms with E-state index >= 15 is 0 Å². The van der Waals surface area contributed by atoms with Crippen LogP contribution in [0.2, 0.25) is 0 Å². The molecule has 1 aromatic carbocycles. The smallest absolute Gasteiger partial charge is 0.220 e. The summed E-state index contributed by atoms with van der Waals surface area (Å²) in [5, 5.41) is 3.00. The third-order valence-electron chi connectivity index (χ3n) is 3.48. The van der Waals surface area contributed by atoms with Crippen molar-refractivity contribution in [2.75, 3.05) is 27.3 Å². The zero-order valence-corrected chi connectivity index (χ0v) is 12.4. The van der Waals surface area contributed by atoms with Crippen molar-refractivity contribution in [3.63, 3.8) is 0 Å². The summed E-state index contributed by atoms with van der Waals surface area (Å²) in [6.07, 6.45) is 1.59. The number of ether oxygens (including phenoxy) is 1. The highest BCUT2D eigenvalue weighted by molar-refractivity contribution is 5.76. The molecule has 0 saturated carbocycles. The molecule has 0 radical (unpaired) electrons. The Kier molecular flexibility index (Phi) is 5.56. The van der Waals surface area contributed by atoms with Crippen molar-refractivity contribution in [2.24, 2.45) is 5.92 Å². The van der Waals surface area contributed by atoms with Crippen LogP contribution in [-0.4, -0.2) is 38.1 Å². The van der Waals surface area contributed by atoms with E-state index in [0.29, 0.717) is 18.9 Å². The lowest BCUT2D eigenvalue weighted by molar-refractivity contribution is -0.122. The summed E-state index contributed by atoms with van der Waals surface area (Å²) in [7, 11) is 4.11. The maximum Gasteiger partial charge on any atom is 0.220 e. The van der Waals surface area contributed by atoms with Crippen LogP contribution >= 0.6 is 0 Å². The van der Waals surface area contributed by atoms with Crippen molar-refractivity contribution in [2.45, 2.75) is 25.9 Å². The first-order chi connectivity index (χ1) is 9.63. The van der Waals surface area contributed by atoms with Crippen LogP contribution in [0.1, 0.15) is 24.0 Å². The van der Waals surface area contributed by atoms with Gasteiger partial charge in [0.2, 0.25) is 5.91 Å². The largest absolute Gasteiger partial charge is 0.381 e. The molecule has 1 aliphatic rings. The van der Waals surface area contributed by atoms with E-state index in [1.54, 1.807) is 0 Å². The Balaban J connectivity index is 1.79. The molecule has 4 nitrogen and oxygen atoms in total. The van der Waals surface area contributed by atoms with Crippen molar-refractivity contribution < 1.29 is 9.53 Å². The normalized spacial score (nSPS) is 18.4. The molecule has 0 aromatic heterocycles. The van der Waals surface area contributed by atoms with Crippen LogP contribution in [0.15, 0.2) is 24.3 Å². The zero-order valence-electron chi connectivity index (χ0n) is 12.4. The molecule has 1 atom stereocenters. The van der Waals surface area contributed by atoms with Gasteiger partial charge in [0.05, 0.1) is 0 Å². The second kappa shape index (κ2) is 7.41. The van der Waals surface area contributed by atoms with Gasteiger partial charge in [-0.25, -0.2) is 0 Å². The number of rotatable bonds is 6. The van der Waals surface area contributed by atoms with Gasteiger partial charge in [0.1, 0.15) is 0 Å². The Morgan fingerprint density at radius 1 is 1.40 bits per heavy atom. The Morgan fingerprint density at radius 2 is 2.20 bits per heavy atom. The predicted molar refractivity (Wildman–Crippen MR) is 79.2 cm³/mol. The lowest BCUT2D eigenvalue weighted by Gasteiger charge is -2.12. The standard InChI is InChI=1S/C16H24N2O2/c1-18(2)11-14-5-3-4-13(8-14)10-17-16(19)9-15-6-7-20-12-15/h3-5,8,15H,6-7,9-12H2,1-2H3,(H,17,19). The van der Waals surface area contributed by atoms with E-state index < -0.39 is 0 Å². The molecule has 0 bridgehead atoms. The first kappa shape index (κ1) is 15.0. The highest BCUT2D eigenvalue weighted by Crippen LogP contribution is 2.16. The molecule has 1 unspecified atom stereocenters. The molecule has 1 heterocycles. The van der Waals surface area contributed by atoms with Crippen molar-refractivity contribution in [3.8, 4) is 0 Å². The lowest BCUT2D eigenvalue weighted by atomic mass is 10.0. The van der Waals surface area contributed by atoms with Gasteiger partial charge in [-0.1, -0.05) is 24.3 Å². The first-order valence-corrected chi connectivity index (χ1v) is 7.20. The van der Waals surface area contributed by atoms with Gasteiger partial charge in [0.25, 0.3) is 0 Å². The van der Waals surface area contributed by atoms with Gasteiger partial charge in [0.15, 0.2) is 0 Å². The molecule has 0 aliphatic carbocycles.